The van der Waals surface area contributed by atoms with E-state index in [9.17, 15) is 9.90 Å². The zero-order chi connectivity index (χ0) is 15.8. The molecule has 0 spiro atoms. The number of hydrogen-bond acceptors (Lipinski definition) is 5. The zero-order valence-corrected chi connectivity index (χ0v) is 14.0. The Hall–Kier alpha value is -1.76. The number of rotatable bonds is 3. The second-order valence-corrected chi connectivity index (χ2v) is 7.66. The Bertz CT molecular complexity index is 795. The van der Waals surface area contributed by atoms with Gasteiger partial charge in [-0.1, -0.05) is 18.2 Å². The van der Waals surface area contributed by atoms with Crippen LogP contribution in [0, 0.1) is 0 Å². The van der Waals surface area contributed by atoms with Crippen molar-refractivity contribution in [3.05, 3.63) is 51.7 Å². The summed E-state index contributed by atoms with van der Waals surface area (Å²) in [7, 11) is 0. The minimum atomic E-state index is -0.723. The summed E-state index contributed by atoms with van der Waals surface area (Å²) in [4.78, 5) is 19.7. The predicted octanol–water partition coefficient (Wildman–Crippen LogP) is 3.70. The Labute approximate surface area is 142 Å². The van der Waals surface area contributed by atoms with Gasteiger partial charge in [-0.3, -0.25) is 4.79 Å². The van der Waals surface area contributed by atoms with Gasteiger partial charge in [0.05, 0.1) is 21.1 Å². The van der Waals surface area contributed by atoms with Crippen LogP contribution < -0.4 is 0 Å². The van der Waals surface area contributed by atoms with Crippen molar-refractivity contribution >= 4 is 38.8 Å². The van der Waals surface area contributed by atoms with Gasteiger partial charge < -0.3 is 10.0 Å². The van der Waals surface area contributed by atoms with Crippen molar-refractivity contribution < 1.29 is 9.90 Å². The number of likely N-dealkylation sites (tertiary alicyclic amines) is 1. The number of aliphatic hydroxyl groups is 1. The number of carbonyl (C=O) groups is 1. The van der Waals surface area contributed by atoms with Gasteiger partial charge in [0.1, 0.15) is 11.1 Å². The quantitative estimate of drug-likeness (QED) is 0.788. The van der Waals surface area contributed by atoms with Crippen molar-refractivity contribution in [2.24, 2.45) is 0 Å². The van der Waals surface area contributed by atoms with Crippen LogP contribution >= 0.6 is 22.7 Å². The topological polar surface area (TPSA) is 53.4 Å². The number of aromatic nitrogens is 1. The third-order valence-electron chi connectivity index (χ3n) is 4.22. The normalized spacial score (nSPS) is 19.3. The molecule has 1 aliphatic heterocycles. The van der Waals surface area contributed by atoms with Gasteiger partial charge in [0.15, 0.2) is 0 Å². The largest absolute Gasteiger partial charge is 0.384 e. The first-order valence-corrected chi connectivity index (χ1v) is 9.31. The molecule has 1 aromatic carbocycles. The molecular formula is C17H16N2O2S2. The number of benzene rings is 1. The molecule has 0 radical (unpaired) electrons. The number of thiophene rings is 1. The fourth-order valence-corrected chi connectivity index (χ4v) is 4.79. The maximum atomic E-state index is 12.6. The van der Waals surface area contributed by atoms with Gasteiger partial charge in [-0.05, 0) is 36.4 Å². The molecular weight excluding hydrogens is 328 g/mol. The van der Waals surface area contributed by atoms with Gasteiger partial charge in [-0.2, -0.15) is 0 Å². The molecule has 118 valence electrons. The Kier molecular flexibility index (Phi) is 3.88. The summed E-state index contributed by atoms with van der Waals surface area (Å²) in [6.45, 7) is 0.698. The summed E-state index contributed by atoms with van der Waals surface area (Å²) >= 11 is 2.95. The lowest BCUT2D eigenvalue weighted by Crippen LogP contribution is -2.38. The van der Waals surface area contributed by atoms with Gasteiger partial charge in [0.25, 0.3) is 5.91 Å². The highest BCUT2D eigenvalue weighted by Gasteiger charge is 2.36. The van der Waals surface area contributed by atoms with E-state index in [4.69, 9.17) is 0 Å². The Balaban J connectivity index is 1.61. The standard InChI is InChI=1S/C17H16N2O2S2/c20-15(16-18-11-5-1-2-7-13(11)23-16)12-6-3-9-19(12)17(21)14-8-4-10-22-14/h1-2,4-5,7-8,10,12,15,20H,3,6,9H2/t12-,15-/m0/s1. The minimum absolute atomic E-state index is 0.0164. The van der Waals surface area contributed by atoms with Crippen LogP contribution in [0.2, 0.25) is 0 Å². The molecule has 0 aliphatic carbocycles. The smallest absolute Gasteiger partial charge is 0.264 e. The van der Waals surface area contributed by atoms with Crippen LogP contribution in [-0.4, -0.2) is 33.5 Å². The van der Waals surface area contributed by atoms with Crippen LogP contribution in [0.15, 0.2) is 41.8 Å². The third-order valence-corrected chi connectivity index (χ3v) is 6.18. The maximum Gasteiger partial charge on any atom is 0.264 e. The van der Waals surface area contributed by atoms with Crippen LogP contribution in [0.5, 0.6) is 0 Å². The number of amides is 1. The Morgan fingerprint density at radius 3 is 2.96 bits per heavy atom. The number of aliphatic hydroxyl groups excluding tert-OH is 1. The average molecular weight is 344 g/mol. The first kappa shape index (κ1) is 14.8. The molecule has 2 atom stereocenters. The highest BCUT2D eigenvalue weighted by molar-refractivity contribution is 7.18. The number of thiazole rings is 1. The SMILES string of the molecule is O=C(c1cccs1)N1CCC[C@H]1[C@H](O)c1nc2ccccc2s1. The highest BCUT2D eigenvalue weighted by Crippen LogP contribution is 2.34. The van der Waals surface area contributed by atoms with Crippen molar-refractivity contribution in [3.8, 4) is 0 Å². The average Bonchev–Trinajstić information content (AvgIpc) is 3.32. The van der Waals surface area contributed by atoms with E-state index in [2.05, 4.69) is 4.98 Å². The third kappa shape index (κ3) is 2.67. The summed E-state index contributed by atoms with van der Waals surface area (Å²) < 4.78 is 1.07. The summed E-state index contributed by atoms with van der Waals surface area (Å²) in [5.74, 6) is 0.0164. The molecule has 4 rings (SSSR count). The second kappa shape index (κ2) is 6.03. The number of hydrogen-bond donors (Lipinski definition) is 1. The van der Waals surface area contributed by atoms with Gasteiger partial charge in [-0.15, -0.1) is 22.7 Å². The molecule has 1 aliphatic rings. The maximum absolute atomic E-state index is 12.6. The van der Waals surface area contributed by atoms with Crippen LogP contribution in [0.4, 0.5) is 0 Å². The summed E-state index contributed by atoms with van der Waals surface area (Å²) in [5.41, 5.74) is 0.903. The molecule has 1 fully saturated rings. The first-order chi connectivity index (χ1) is 11.2. The van der Waals surface area contributed by atoms with Crippen molar-refractivity contribution in [2.75, 3.05) is 6.54 Å². The van der Waals surface area contributed by atoms with Crippen LogP contribution in [0.25, 0.3) is 10.2 Å². The fourth-order valence-electron chi connectivity index (χ4n) is 3.10. The minimum Gasteiger partial charge on any atom is -0.384 e. The molecule has 0 unspecified atom stereocenters. The van der Waals surface area contributed by atoms with E-state index in [1.54, 1.807) is 0 Å². The molecule has 3 heterocycles. The number of carbonyl (C=O) groups excluding carboxylic acids is 1. The lowest BCUT2D eigenvalue weighted by Gasteiger charge is -2.27. The summed E-state index contributed by atoms with van der Waals surface area (Å²) in [6.07, 6.45) is 1.01. The summed E-state index contributed by atoms with van der Waals surface area (Å²) in [6, 6.07) is 11.4. The molecule has 6 heteroatoms. The van der Waals surface area contributed by atoms with E-state index >= 15 is 0 Å². The van der Waals surface area contributed by atoms with Crippen molar-refractivity contribution in [2.45, 2.75) is 25.0 Å². The molecule has 0 saturated carbocycles. The van der Waals surface area contributed by atoms with E-state index in [1.165, 1.54) is 22.7 Å². The van der Waals surface area contributed by atoms with E-state index in [1.807, 2.05) is 46.7 Å². The predicted molar refractivity (Wildman–Crippen MR) is 93.0 cm³/mol. The van der Waals surface area contributed by atoms with Gasteiger partial charge in [0.2, 0.25) is 0 Å². The number of para-hydroxylation sites is 1. The molecule has 1 amide bonds. The Morgan fingerprint density at radius 2 is 2.17 bits per heavy atom. The molecule has 3 aromatic rings. The molecule has 4 nitrogen and oxygen atoms in total. The molecule has 1 N–H and O–H groups in total. The van der Waals surface area contributed by atoms with E-state index < -0.39 is 6.10 Å². The summed E-state index contributed by atoms with van der Waals surface area (Å²) in [5, 5.41) is 13.4. The lowest BCUT2D eigenvalue weighted by atomic mass is 10.1. The van der Waals surface area contributed by atoms with Crippen molar-refractivity contribution in [1.82, 2.24) is 9.88 Å². The zero-order valence-electron chi connectivity index (χ0n) is 12.4. The number of nitrogens with zero attached hydrogens (tertiary/aromatic N) is 2. The fraction of sp³-hybridized carbons (Fsp3) is 0.294. The van der Waals surface area contributed by atoms with Crippen molar-refractivity contribution in [3.63, 3.8) is 0 Å². The van der Waals surface area contributed by atoms with Gasteiger partial charge >= 0.3 is 0 Å². The van der Waals surface area contributed by atoms with E-state index in [0.29, 0.717) is 11.6 Å². The van der Waals surface area contributed by atoms with Gasteiger partial charge in [-0.25, -0.2) is 4.98 Å². The number of fused-ring (bicyclic) bond motifs is 1. The first-order valence-electron chi connectivity index (χ1n) is 7.62. The molecule has 23 heavy (non-hydrogen) atoms. The molecule has 2 aromatic heterocycles. The Morgan fingerprint density at radius 1 is 1.30 bits per heavy atom. The monoisotopic (exact) mass is 344 g/mol. The van der Waals surface area contributed by atoms with Crippen LogP contribution in [-0.2, 0) is 0 Å². The van der Waals surface area contributed by atoms with Crippen molar-refractivity contribution in [1.29, 1.82) is 0 Å². The van der Waals surface area contributed by atoms with Crippen LogP contribution in [0.3, 0.4) is 0 Å². The second-order valence-electron chi connectivity index (χ2n) is 5.65. The van der Waals surface area contributed by atoms with Crippen LogP contribution in [0.1, 0.15) is 33.6 Å². The molecule has 0 bridgehead atoms. The lowest BCUT2D eigenvalue weighted by molar-refractivity contribution is 0.0490. The molecule has 1 saturated heterocycles. The van der Waals surface area contributed by atoms with E-state index in [0.717, 1.165) is 27.9 Å². The van der Waals surface area contributed by atoms with E-state index in [-0.39, 0.29) is 11.9 Å². The highest BCUT2D eigenvalue weighted by atomic mass is 32.1. The van der Waals surface area contributed by atoms with Gasteiger partial charge in [0, 0.05) is 6.54 Å².